The first kappa shape index (κ1) is 21.9. The van der Waals surface area contributed by atoms with Crippen LogP contribution in [0.1, 0.15) is 34.8 Å². The molecule has 0 unspecified atom stereocenters. The highest BCUT2D eigenvalue weighted by molar-refractivity contribution is 7.89. The summed E-state index contributed by atoms with van der Waals surface area (Å²) in [7, 11) is -2.13. The van der Waals surface area contributed by atoms with Gasteiger partial charge >= 0.3 is 0 Å². The number of hydrogen-bond donors (Lipinski definition) is 0. The summed E-state index contributed by atoms with van der Waals surface area (Å²) >= 11 is 0. The van der Waals surface area contributed by atoms with Crippen LogP contribution in [-0.4, -0.2) is 32.5 Å². The van der Waals surface area contributed by atoms with Crippen molar-refractivity contribution >= 4 is 10.0 Å². The molecule has 3 aromatic carbocycles. The van der Waals surface area contributed by atoms with Gasteiger partial charge in [-0.1, -0.05) is 54.1 Å². The average Bonchev–Trinajstić information content (AvgIpc) is 3.33. The first-order chi connectivity index (χ1) is 16.0. The van der Waals surface area contributed by atoms with Crippen molar-refractivity contribution in [1.29, 1.82) is 0 Å². The fraction of sp³-hybridized carbons (Fsp3) is 0.308. The van der Waals surface area contributed by atoms with Crippen molar-refractivity contribution in [1.82, 2.24) is 4.31 Å². The van der Waals surface area contributed by atoms with Gasteiger partial charge in [-0.2, -0.15) is 4.31 Å². The molecule has 2 aliphatic rings. The summed E-state index contributed by atoms with van der Waals surface area (Å²) < 4.78 is 46.9. The zero-order valence-electron chi connectivity index (χ0n) is 18.7. The molecule has 5 rings (SSSR count). The Morgan fingerprint density at radius 1 is 1.03 bits per heavy atom. The molecule has 0 saturated carbocycles. The predicted molar refractivity (Wildman–Crippen MR) is 125 cm³/mol. The number of nitrogens with zero attached hydrogens (tertiary/aromatic N) is 1. The third-order valence-electron chi connectivity index (χ3n) is 6.38. The standard InChI is InChI=1S/C26H27NO5S/c1-18-8-10-20(11-9-18)33(28,29)27-16-22-21(25-23(27)14-15-31-25)12-13-24(30-2)26(22)32-17-19-6-4-3-5-7-19/h3-13,23,25H,14-17H2,1-2H3/t23-,25-/m1/s1. The molecule has 7 heteroatoms. The van der Waals surface area contributed by atoms with Gasteiger partial charge in [0.25, 0.3) is 0 Å². The topological polar surface area (TPSA) is 65.1 Å². The number of ether oxygens (including phenoxy) is 3. The zero-order valence-corrected chi connectivity index (χ0v) is 19.5. The Kier molecular flexibility index (Phi) is 5.86. The van der Waals surface area contributed by atoms with E-state index in [0.29, 0.717) is 31.1 Å². The second kappa shape index (κ2) is 8.82. The van der Waals surface area contributed by atoms with E-state index in [1.54, 1.807) is 23.5 Å². The second-order valence-corrected chi connectivity index (χ2v) is 10.3. The van der Waals surface area contributed by atoms with Gasteiger partial charge in [-0.25, -0.2) is 8.42 Å². The molecule has 33 heavy (non-hydrogen) atoms. The van der Waals surface area contributed by atoms with E-state index in [1.807, 2.05) is 61.5 Å². The lowest BCUT2D eigenvalue weighted by atomic mass is 9.92. The largest absolute Gasteiger partial charge is 0.493 e. The first-order valence-corrected chi connectivity index (χ1v) is 12.5. The molecule has 0 bridgehead atoms. The lowest BCUT2D eigenvalue weighted by Crippen LogP contribution is -2.44. The van der Waals surface area contributed by atoms with Crippen molar-refractivity contribution in [3.8, 4) is 11.5 Å². The lowest BCUT2D eigenvalue weighted by molar-refractivity contribution is 0.0709. The summed E-state index contributed by atoms with van der Waals surface area (Å²) in [6, 6.07) is 20.5. The molecule has 2 aliphatic heterocycles. The predicted octanol–water partition coefficient (Wildman–Crippen LogP) is 4.62. The van der Waals surface area contributed by atoms with Crippen LogP contribution in [0.4, 0.5) is 0 Å². The molecule has 0 spiro atoms. The monoisotopic (exact) mass is 465 g/mol. The Morgan fingerprint density at radius 2 is 1.79 bits per heavy atom. The van der Waals surface area contributed by atoms with Gasteiger partial charge in [0.1, 0.15) is 6.61 Å². The number of benzene rings is 3. The number of fused-ring (bicyclic) bond motifs is 3. The van der Waals surface area contributed by atoms with Gasteiger partial charge in [0, 0.05) is 18.7 Å². The van der Waals surface area contributed by atoms with E-state index >= 15 is 0 Å². The maximum atomic E-state index is 13.7. The third-order valence-corrected chi connectivity index (χ3v) is 8.27. The normalized spacial score (nSPS) is 20.2. The highest BCUT2D eigenvalue weighted by Gasteiger charge is 2.46. The molecular formula is C26H27NO5S. The Morgan fingerprint density at radius 3 is 2.52 bits per heavy atom. The zero-order chi connectivity index (χ0) is 23.0. The molecule has 2 atom stereocenters. The second-order valence-electron chi connectivity index (χ2n) is 8.45. The number of aryl methyl sites for hydroxylation is 1. The number of methoxy groups -OCH3 is 1. The molecule has 1 saturated heterocycles. The van der Waals surface area contributed by atoms with Crippen LogP contribution in [0.5, 0.6) is 11.5 Å². The van der Waals surface area contributed by atoms with Crippen molar-refractivity contribution < 1.29 is 22.6 Å². The van der Waals surface area contributed by atoms with E-state index in [4.69, 9.17) is 14.2 Å². The summed E-state index contributed by atoms with van der Waals surface area (Å²) in [6.07, 6.45) is 0.320. The molecule has 1 fully saturated rings. The van der Waals surface area contributed by atoms with Gasteiger partial charge in [-0.15, -0.1) is 0 Å². The first-order valence-electron chi connectivity index (χ1n) is 11.1. The SMILES string of the molecule is COc1ccc2c(c1OCc1ccccc1)CN(S(=O)(=O)c1ccc(C)cc1)[C@@H]1CCO[C@H]21. The van der Waals surface area contributed by atoms with Crippen LogP contribution < -0.4 is 9.47 Å². The minimum Gasteiger partial charge on any atom is -0.493 e. The minimum atomic E-state index is -3.72. The van der Waals surface area contributed by atoms with Crippen molar-refractivity contribution in [2.24, 2.45) is 0 Å². The summed E-state index contributed by atoms with van der Waals surface area (Å²) in [5, 5.41) is 0. The van der Waals surface area contributed by atoms with Crippen LogP contribution in [0.3, 0.4) is 0 Å². The Hall–Kier alpha value is -2.87. The average molecular weight is 466 g/mol. The molecule has 3 aromatic rings. The third kappa shape index (κ3) is 4.01. The smallest absolute Gasteiger partial charge is 0.243 e. The Labute approximate surface area is 194 Å². The molecule has 172 valence electrons. The van der Waals surface area contributed by atoms with Gasteiger partial charge in [-0.3, -0.25) is 0 Å². The van der Waals surface area contributed by atoms with E-state index in [0.717, 1.165) is 22.3 Å². The van der Waals surface area contributed by atoms with Crippen LogP contribution in [0.2, 0.25) is 0 Å². The van der Waals surface area contributed by atoms with Gasteiger partial charge in [-0.05, 0) is 42.7 Å². The van der Waals surface area contributed by atoms with E-state index in [-0.39, 0.29) is 23.6 Å². The number of sulfonamides is 1. The van der Waals surface area contributed by atoms with Crippen molar-refractivity contribution in [2.45, 2.75) is 43.5 Å². The van der Waals surface area contributed by atoms with Crippen molar-refractivity contribution in [3.63, 3.8) is 0 Å². The van der Waals surface area contributed by atoms with E-state index in [1.165, 1.54) is 0 Å². The van der Waals surface area contributed by atoms with Crippen molar-refractivity contribution in [3.05, 3.63) is 89.0 Å². The quantitative estimate of drug-likeness (QED) is 0.532. The molecular weight excluding hydrogens is 438 g/mol. The molecule has 0 N–H and O–H groups in total. The van der Waals surface area contributed by atoms with Gasteiger partial charge in [0.2, 0.25) is 10.0 Å². The molecule has 0 amide bonds. The number of hydrogen-bond acceptors (Lipinski definition) is 5. The lowest BCUT2D eigenvalue weighted by Gasteiger charge is -2.38. The highest BCUT2D eigenvalue weighted by Crippen LogP contribution is 2.47. The van der Waals surface area contributed by atoms with Gasteiger partial charge in [0.05, 0.1) is 24.2 Å². The maximum Gasteiger partial charge on any atom is 0.243 e. The number of rotatable bonds is 6. The molecule has 2 heterocycles. The van der Waals surface area contributed by atoms with E-state index in [9.17, 15) is 8.42 Å². The Balaban J connectivity index is 1.56. The molecule has 0 aliphatic carbocycles. The molecule has 0 aromatic heterocycles. The maximum absolute atomic E-state index is 13.7. The minimum absolute atomic E-state index is 0.206. The van der Waals surface area contributed by atoms with Crippen LogP contribution in [0, 0.1) is 6.92 Å². The van der Waals surface area contributed by atoms with Crippen LogP contribution in [-0.2, 0) is 27.9 Å². The van der Waals surface area contributed by atoms with Crippen LogP contribution in [0.15, 0.2) is 71.6 Å². The van der Waals surface area contributed by atoms with Gasteiger partial charge in [0.15, 0.2) is 11.5 Å². The summed E-state index contributed by atoms with van der Waals surface area (Å²) in [6.45, 7) is 3.02. The van der Waals surface area contributed by atoms with E-state index in [2.05, 4.69) is 0 Å². The van der Waals surface area contributed by atoms with Crippen LogP contribution >= 0.6 is 0 Å². The Bertz CT molecular complexity index is 1240. The fourth-order valence-electron chi connectivity index (χ4n) is 4.65. The molecule has 0 radical (unpaired) electrons. The highest BCUT2D eigenvalue weighted by atomic mass is 32.2. The van der Waals surface area contributed by atoms with Crippen molar-refractivity contribution in [2.75, 3.05) is 13.7 Å². The van der Waals surface area contributed by atoms with E-state index < -0.39 is 10.0 Å². The summed E-state index contributed by atoms with van der Waals surface area (Å²) in [5.74, 6) is 1.14. The van der Waals surface area contributed by atoms with Crippen LogP contribution in [0.25, 0.3) is 0 Å². The fourth-order valence-corrected chi connectivity index (χ4v) is 6.27. The summed E-state index contributed by atoms with van der Waals surface area (Å²) in [5.41, 5.74) is 3.80. The molecule has 6 nitrogen and oxygen atoms in total. The van der Waals surface area contributed by atoms with Gasteiger partial charge < -0.3 is 14.2 Å². The summed E-state index contributed by atoms with van der Waals surface area (Å²) in [4.78, 5) is 0.289.